The van der Waals surface area contributed by atoms with Gasteiger partial charge in [-0.2, -0.15) is 0 Å². The number of anilines is 1. The molecule has 4 aromatic rings. The van der Waals surface area contributed by atoms with Crippen molar-refractivity contribution in [2.75, 3.05) is 34.2 Å². The molecule has 0 aliphatic heterocycles. The van der Waals surface area contributed by atoms with Crippen molar-refractivity contribution in [1.82, 2.24) is 15.0 Å². The summed E-state index contributed by atoms with van der Waals surface area (Å²) >= 11 is 0. The highest BCUT2D eigenvalue weighted by molar-refractivity contribution is 6.02. The van der Waals surface area contributed by atoms with Gasteiger partial charge in [-0.3, -0.25) is 0 Å². The van der Waals surface area contributed by atoms with Crippen molar-refractivity contribution in [1.29, 1.82) is 0 Å². The Morgan fingerprint density at radius 1 is 0.742 bits per heavy atom. The summed E-state index contributed by atoms with van der Waals surface area (Å²) in [6.07, 6.45) is 1.40. The Bertz CT molecular complexity index is 1230. The van der Waals surface area contributed by atoms with Crippen molar-refractivity contribution >= 4 is 16.9 Å². The summed E-state index contributed by atoms with van der Waals surface area (Å²) in [5.74, 6) is 2.61. The van der Waals surface area contributed by atoms with Crippen LogP contribution in [0.15, 0.2) is 48.8 Å². The van der Waals surface area contributed by atoms with E-state index in [0.29, 0.717) is 45.5 Å². The second-order valence-corrected chi connectivity index (χ2v) is 6.63. The molecule has 2 aromatic heterocycles. The monoisotopic (exact) mass is 418 g/mol. The molecule has 31 heavy (non-hydrogen) atoms. The van der Waals surface area contributed by atoms with E-state index in [1.165, 1.54) is 6.33 Å². The lowest BCUT2D eigenvalue weighted by atomic mass is 9.98. The van der Waals surface area contributed by atoms with Crippen LogP contribution in [-0.4, -0.2) is 43.4 Å². The molecular weight excluding hydrogens is 396 g/mol. The van der Waals surface area contributed by atoms with Crippen LogP contribution in [0.4, 0.5) is 5.82 Å². The van der Waals surface area contributed by atoms with Gasteiger partial charge in [0, 0.05) is 16.7 Å². The maximum atomic E-state index is 6.22. The van der Waals surface area contributed by atoms with E-state index in [1.54, 1.807) is 28.4 Å². The molecule has 0 saturated carbocycles. The number of benzene rings is 2. The van der Waals surface area contributed by atoms with Crippen molar-refractivity contribution in [2.45, 2.75) is 0 Å². The maximum absolute atomic E-state index is 6.22. The van der Waals surface area contributed by atoms with Gasteiger partial charge < -0.3 is 24.7 Å². The lowest BCUT2D eigenvalue weighted by Crippen LogP contribution is -2.00. The molecule has 4 rings (SSSR count). The van der Waals surface area contributed by atoms with E-state index in [1.807, 2.05) is 42.5 Å². The van der Waals surface area contributed by atoms with Gasteiger partial charge in [0.05, 0.1) is 39.5 Å². The first-order chi connectivity index (χ1) is 15.1. The minimum absolute atomic E-state index is 0.342. The molecule has 8 heteroatoms. The smallest absolute Gasteiger partial charge is 0.203 e. The molecule has 158 valence electrons. The second-order valence-electron chi connectivity index (χ2n) is 6.63. The summed E-state index contributed by atoms with van der Waals surface area (Å²) in [6, 6.07) is 13.3. The fourth-order valence-corrected chi connectivity index (χ4v) is 3.54. The van der Waals surface area contributed by atoms with Gasteiger partial charge in [0.1, 0.15) is 17.9 Å². The normalized spacial score (nSPS) is 10.7. The molecule has 2 aromatic carbocycles. The molecule has 0 bridgehead atoms. The number of rotatable bonds is 6. The van der Waals surface area contributed by atoms with Crippen molar-refractivity contribution in [2.24, 2.45) is 0 Å². The summed E-state index contributed by atoms with van der Waals surface area (Å²) in [6.45, 7) is 0. The number of nitrogens with zero attached hydrogens (tertiary/aromatic N) is 3. The van der Waals surface area contributed by atoms with Gasteiger partial charge in [-0.15, -0.1) is 0 Å². The predicted octanol–water partition coefficient (Wildman–Crippen LogP) is 3.98. The number of ether oxygens (including phenoxy) is 4. The number of hydrogen-bond donors (Lipinski definition) is 1. The second kappa shape index (κ2) is 8.35. The lowest BCUT2D eigenvalue weighted by Gasteiger charge is -2.16. The fraction of sp³-hybridized carbons (Fsp3) is 0.174. The van der Waals surface area contributed by atoms with Crippen LogP contribution in [0.5, 0.6) is 23.0 Å². The van der Waals surface area contributed by atoms with E-state index >= 15 is 0 Å². The number of pyridine rings is 1. The van der Waals surface area contributed by atoms with Gasteiger partial charge in [0.15, 0.2) is 17.1 Å². The number of fused-ring (bicyclic) bond motifs is 1. The number of methoxy groups -OCH3 is 4. The predicted molar refractivity (Wildman–Crippen MR) is 119 cm³/mol. The van der Waals surface area contributed by atoms with Gasteiger partial charge in [-0.1, -0.05) is 18.2 Å². The summed E-state index contributed by atoms with van der Waals surface area (Å²) < 4.78 is 22.0. The van der Waals surface area contributed by atoms with Gasteiger partial charge in [-0.25, -0.2) is 15.0 Å². The van der Waals surface area contributed by atoms with Gasteiger partial charge in [0.25, 0.3) is 0 Å². The largest absolute Gasteiger partial charge is 0.496 e. The van der Waals surface area contributed by atoms with E-state index in [-0.39, 0.29) is 0 Å². The molecule has 0 aliphatic carbocycles. The first-order valence-corrected chi connectivity index (χ1v) is 9.46. The Labute approximate surface area is 179 Å². The Morgan fingerprint density at radius 3 is 2.06 bits per heavy atom. The van der Waals surface area contributed by atoms with Crippen LogP contribution in [0.1, 0.15) is 0 Å². The third kappa shape index (κ3) is 3.52. The summed E-state index contributed by atoms with van der Waals surface area (Å²) in [7, 11) is 6.34. The quantitative estimate of drug-likeness (QED) is 0.502. The lowest BCUT2D eigenvalue weighted by molar-refractivity contribution is 0.324. The average Bonchev–Trinajstić information content (AvgIpc) is 2.82. The standard InChI is InChI=1S/C23H22N4O4/c1-28-17-8-6-5-7-14(17)15-11-16(27-23-20(15)22(24)25-12-26-23)13-9-18(29-2)21(31-4)19(10-13)30-3/h5-12H,1-4H3,(H2,24,25,26,27). The highest BCUT2D eigenvalue weighted by Crippen LogP contribution is 2.43. The van der Waals surface area contributed by atoms with Crippen molar-refractivity contribution < 1.29 is 18.9 Å². The number of aromatic nitrogens is 3. The van der Waals surface area contributed by atoms with Crippen LogP contribution >= 0.6 is 0 Å². The third-order valence-corrected chi connectivity index (χ3v) is 4.99. The van der Waals surface area contributed by atoms with Crippen molar-refractivity contribution in [3.05, 3.63) is 48.8 Å². The van der Waals surface area contributed by atoms with Crippen LogP contribution < -0.4 is 24.7 Å². The first-order valence-electron chi connectivity index (χ1n) is 9.46. The molecule has 0 radical (unpaired) electrons. The average molecular weight is 418 g/mol. The molecule has 0 atom stereocenters. The number of nitrogen functional groups attached to an aromatic ring is 1. The Balaban J connectivity index is 2.04. The molecule has 0 aliphatic rings. The molecule has 2 heterocycles. The zero-order chi connectivity index (χ0) is 22.0. The van der Waals surface area contributed by atoms with E-state index in [4.69, 9.17) is 29.7 Å². The topological polar surface area (TPSA) is 102 Å². The molecule has 0 unspecified atom stereocenters. The van der Waals surface area contributed by atoms with Crippen LogP contribution in [0.3, 0.4) is 0 Å². The van der Waals surface area contributed by atoms with Crippen molar-refractivity contribution in [3.63, 3.8) is 0 Å². The molecule has 2 N–H and O–H groups in total. The van der Waals surface area contributed by atoms with E-state index in [9.17, 15) is 0 Å². The molecule has 0 spiro atoms. The van der Waals surface area contributed by atoms with Crippen molar-refractivity contribution in [3.8, 4) is 45.4 Å². The summed E-state index contributed by atoms with van der Waals surface area (Å²) in [4.78, 5) is 13.2. The third-order valence-electron chi connectivity index (χ3n) is 4.99. The minimum Gasteiger partial charge on any atom is -0.496 e. The Kier molecular flexibility index (Phi) is 5.44. The van der Waals surface area contributed by atoms with E-state index < -0.39 is 0 Å². The maximum Gasteiger partial charge on any atom is 0.203 e. The Morgan fingerprint density at radius 2 is 1.42 bits per heavy atom. The van der Waals surface area contributed by atoms with Gasteiger partial charge in [-0.05, 0) is 24.3 Å². The molecule has 0 fully saturated rings. The molecular formula is C23H22N4O4. The molecule has 0 amide bonds. The van der Waals surface area contributed by atoms with Crippen LogP contribution in [0.2, 0.25) is 0 Å². The molecule has 8 nitrogen and oxygen atoms in total. The minimum atomic E-state index is 0.342. The highest BCUT2D eigenvalue weighted by atomic mass is 16.5. The highest BCUT2D eigenvalue weighted by Gasteiger charge is 2.19. The molecule has 0 saturated heterocycles. The summed E-state index contributed by atoms with van der Waals surface area (Å²) in [5.41, 5.74) is 9.78. The Hall–Kier alpha value is -4.07. The number of nitrogens with two attached hydrogens (primary N) is 1. The van der Waals surface area contributed by atoms with E-state index in [2.05, 4.69) is 9.97 Å². The summed E-state index contributed by atoms with van der Waals surface area (Å²) in [5, 5.41) is 0.656. The van der Waals surface area contributed by atoms with Crippen LogP contribution in [-0.2, 0) is 0 Å². The SMILES string of the molecule is COc1ccccc1-c1cc(-c2cc(OC)c(OC)c(OC)c2)nc2ncnc(N)c12. The van der Waals surface area contributed by atoms with Gasteiger partial charge >= 0.3 is 0 Å². The number of hydrogen-bond acceptors (Lipinski definition) is 8. The van der Waals surface area contributed by atoms with Gasteiger partial charge in [0.2, 0.25) is 5.75 Å². The zero-order valence-electron chi connectivity index (χ0n) is 17.7. The first kappa shape index (κ1) is 20.2. The fourth-order valence-electron chi connectivity index (χ4n) is 3.54. The van der Waals surface area contributed by atoms with E-state index in [0.717, 1.165) is 16.7 Å². The van der Waals surface area contributed by atoms with Crippen LogP contribution in [0, 0.1) is 0 Å². The number of para-hydroxylation sites is 1. The zero-order valence-corrected chi connectivity index (χ0v) is 17.7. The van der Waals surface area contributed by atoms with Crippen LogP contribution in [0.25, 0.3) is 33.4 Å².